The van der Waals surface area contributed by atoms with Crippen molar-refractivity contribution in [1.29, 1.82) is 0 Å². The van der Waals surface area contributed by atoms with Crippen LogP contribution in [-0.2, 0) is 11.2 Å². The van der Waals surface area contributed by atoms with Gasteiger partial charge in [-0.25, -0.2) is 0 Å². The van der Waals surface area contributed by atoms with E-state index in [1.54, 1.807) is 7.05 Å². The van der Waals surface area contributed by atoms with Crippen LogP contribution in [0.1, 0.15) is 12.0 Å². The van der Waals surface area contributed by atoms with Crippen molar-refractivity contribution in [1.82, 2.24) is 10.6 Å². The Morgan fingerprint density at radius 3 is 2.58 bits per heavy atom. The van der Waals surface area contributed by atoms with Gasteiger partial charge in [-0.1, -0.05) is 30.3 Å². The van der Waals surface area contributed by atoms with Gasteiger partial charge in [0, 0.05) is 27.2 Å². The molecule has 1 rings (SSSR count). The van der Waals surface area contributed by atoms with E-state index in [1.807, 2.05) is 13.1 Å². The summed E-state index contributed by atoms with van der Waals surface area (Å²) in [6.07, 6.45) is 1.96. The van der Waals surface area contributed by atoms with Crippen LogP contribution in [0.4, 0.5) is 0 Å². The molecule has 0 fully saturated rings. The first-order valence-corrected chi connectivity index (χ1v) is 6.37. The minimum atomic E-state index is 0. The van der Waals surface area contributed by atoms with E-state index >= 15 is 0 Å². The van der Waals surface area contributed by atoms with Crippen LogP contribution >= 0.6 is 24.0 Å². The van der Waals surface area contributed by atoms with Crippen molar-refractivity contribution in [2.75, 3.05) is 33.9 Å². The van der Waals surface area contributed by atoms with Crippen molar-refractivity contribution in [3.05, 3.63) is 35.9 Å². The molecule has 0 aliphatic carbocycles. The van der Waals surface area contributed by atoms with Crippen LogP contribution in [0.3, 0.4) is 0 Å². The van der Waals surface area contributed by atoms with Crippen LogP contribution in [0.15, 0.2) is 35.3 Å². The first-order valence-electron chi connectivity index (χ1n) is 6.37. The summed E-state index contributed by atoms with van der Waals surface area (Å²) in [5.74, 6) is 0.819. The topological polar surface area (TPSA) is 45.7 Å². The second-order valence-corrected chi connectivity index (χ2v) is 3.95. The summed E-state index contributed by atoms with van der Waals surface area (Å²) in [4.78, 5) is 4.03. The zero-order chi connectivity index (χ0) is 13.1. The Morgan fingerprint density at radius 1 is 1.21 bits per heavy atom. The SMILES string of the molecule is CN=C(NC)NCCCOCCc1ccccc1.I. The van der Waals surface area contributed by atoms with Crippen LogP contribution in [0.25, 0.3) is 0 Å². The zero-order valence-corrected chi connectivity index (χ0v) is 14.0. The number of aliphatic imine (C=N–C) groups is 1. The summed E-state index contributed by atoms with van der Waals surface area (Å²) in [6.45, 7) is 2.43. The van der Waals surface area contributed by atoms with Gasteiger partial charge >= 0.3 is 0 Å². The van der Waals surface area contributed by atoms with Crippen molar-refractivity contribution in [3.63, 3.8) is 0 Å². The Labute approximate surface area is 133 Å². The maximum absolute atomic E-state index is 5.59. The van der Waals surface area contributed by atoms with Crippen molar-refractivity contribution < 1.29 is 4.74 Å². The molecule has 0 aliphatic rings. The average molecular weight is 377 g/mol. The number of ether oxygens (including phenoxy) is 1. The van der Waals surface area contributed by atoms with Crippen LogP contribution in [0, 0.1) is 0 Å². The fourth-order valence-electron chi connectivity index (χ4n) is 1.60. The van der Waals surface area contributed by atoms with E-state index in [0.717, 1.165) is 38.6 Å². The molecule has 0 aliphatic heterocycles. The standard InChI is InChI=1S/C14H23N3O.HI/c1-15-14(16-2)17-10-6-11-18-12-9-13-7-4-3-5-8-13;/h3-5,7-8H,6,9-12H2,1-2H3,(H2,15,16,17);1H. The molecule has 0 heterocycles. The second kappa shape index (κ2) is 12.2. The average Bonchev–Trinajstić information content (AvgIpc) is 2.43. The normalized spacial score (nSPS) is 10.7. The number of halogens is 1. The van der Waals surface area contributed by atoms with Crippen molar-refractivity contribution in [2.24, 2.45) is 4.99 Å². The van der Waals surface area contributed by atoms with Gasteiger partial charge in [0.1, 0.15) is 0 Å². The summed E-state index contributed by atoms with van der Waals surface area (Å²) >= 11 is 0. The molecule has 5 heteroatoms. The maximum Gasteiger partial charge on any atom is 0.190 e. The molecular weight excluding hydrogens is 353 g/mol. The molecule has 0 saturated carbocycles. The predicted octanol–water partition coefficient (Wildman–Crippen LogP) is 2.05. The quantitative estimate of drug-likeness (QED) is 0.331. The third-order valence-corrected chi connectivity index (χ3v) is 2.60. The lowest BCUT2D eigenvalue weighted by atomic mass is 10.2. The molecule has 0 unspecified atom stereocenters. The highest BCUT2D eigenvalue weighted by Gasteiger charge is 1.94. The van der Waals surface area contributed by atoms with Crippen molar-refractivity contribution in [2.45, 2.75) is 12.8 Å². The Balaban J connectivity index is 0.00000324. The van der Waals surface area contributed by atoms with Crippen molar-refractivity contribution in [3.8, 4) is 0 Å². The fourth-order valence-corrected chi connectivity index (χ4v) is 1.60. The predicted molar refractivity (Wildman–Crippen MR) is 91.4 cm³/mol. The highest BCUT2D eigenvalue weighted by atomic mass is 127. The Morgan fingerprint density at radius 2 is 1.95 bits per heavy atom. The molecule has 0 radical (unpaired) electrons. The van der Waals surface area contributed by atoms with Gasteiger partial charge in [-0.2, -0.15) is 0 Å². The number of benzene rings is 1. The first kappa shape index (κ1) is 18.2. The molecule has 0 bridgehead atoms. The van der Waals surface area contributed by atoms with Gasteiger partial charge in [0.2, 0.25) is 0 Å². The first-order chi connectivity index (χ1) is 8.86. The summed E-state index contributed by atoms with van der Waals surface area (Å²) in [5, 5.41) is 6.16. The zero-order valence-electron chi connectivity index (χ0n) is 11.7. The van der Waals surface area contributed by atoms with E-state index in [4.69, 9.17) is 4.74 Å². The highest BCUT2D eigenvalue weighted by molar-refractivity contribution is 14.0. The third kappa shape index (κ3) is 8.83. The number of nitrogens with one attached hydrogen (secondary N) is 2. The Kier molecular flexibility index (Phi) is 11.7. The van der Waals surface area contributed by atoms with Crippen LogP contribution in [0.5, 0.6) is 0 Å². The molecule has 1 aromatic rings. The number of rotatable bonds is 7. The third-order valence-electron chi connectivity index (χ3n) is 2.60. The van der Waals surface area contributed by atoms with E-state index in [9.17, 15) is 0 Å². The summed E-state index contributed by atoms with van der Waals surface area (Å²) in [5.41, 5.74) is 1.33. The fraction of sp³-hybridized carbons (Fsp3) is 0.500. The molecule has 0 atom stereocenters. The Hall–Kier alpha value is -0.820. The molecule has 4 nitrogen and oxygen atoms in total. The molecule has 108 valence electrons. The number of hydrogen-bond donors (Lipinski definition) is 2. The second-order valence-electron chi connectivity index (χ2n) is 3.95. The summed E-state index contributed by atoms with van der Waals surface area (Å²) in [6, 6.07) is 10.4. The lowest BCUT2D eigenvalue weighted by Gasteiger charge is -2.08. The molecule has 19 heavy (non-hydrogen) atoms. The monoisotopic (exact) mass is 377 g/mol. The number of guanidine groups is 1. The smallest absolute Gasteiger partial charge is 0.190 e. The molecule has 0 spiro atoms. The van der Waals surface area contributed by atoms with E-state index in [0.29, 0.717) is 0 Å². The van der Waals surface area contributed by atoms with Crippen LogP contribution in [-0.4, -0.2) is 39.8 Å². The molecule has 1 aromatic carbocycles. The Bertz CT molecular complexity index is 344. The van der Waals surface area contributed by atoms with Gasteiger partial charge < -0.3 is 15.4 Å². The lowest BCUT2D eigenvalue weighted by molar-refractivity contribution is 0.135. The summed E-state index contributed by atoms with van der Waals surface area (Å²) < 4.78 is 5.59. The molecule has 0 aromatic heterocycles. The van der Waals surface area contributed by atoms with Crippen LogP contribution in [0.2, 0.25) is 0 Å². The van der Waals surface area contributed by atoms with E-state index in [-0.39, 0.29) is 24.0 Å². The largest absolute Gasteiger partial charge is 0.381 e. The minimum Gasteiger partial charge on any atom is -0.381 e. The van der Waals surface area contributed by atoms with Gasteiger partial charge in [0.15, 0.2) is 5.96 Å². The van der Waals surface area contributed by atoms with E-state index in [2.05, 4.69) is 39.9 Å². The van der Waals surface area contributed by atoms with Crippen molar-refractivity contribution >= 4 is 29.9 Å². The summed E-state index contributed by atoms with van der Waals surface area (Å²) in [7, 11) is 3.61. The molecular formula is C14H24IN3O. The molecule has 2 N–H and O–H groups in total. The van der Waals surface area contributed by atoms with Gasteiger partial charge in [0.25, 0.3) is 0 Å². The number of hydrogen-bond acceptors (Lipinski definition) is 2. The van der Waals surface area contributed by atoms with Gasteiger partial charge in [-0.3, -0.25) is 4.99 Å². The van der Waals surface area contributed by atoms with Crippen LogP contribution < -0.4 is 10.6 Å². The molecule has 0 amide bonds. The van der Waals surface area contributed by atoms with E-state index < -0.39 is 0 Å². The van der Waals surface area contributed by atoms with E-state index in [1.165, 1.54) is 5.56 Å². The molecule has 0 saturated heterocycles. The van der Waals surface area contributed by atoms with Gasteiger partial charge in [-0.05, 0) is 18.4 Å². The lowest BCUT2D eigenvalue weighted by Crippen LogP contribution is -2.35. The maximum atomic E-state index is 5.59. The highest BCUT2D eigenvalue weighted by Crippen LogP contribution is 1.99. The minimum absolute atomic E-state index is 0. The van der Waals surface area contributed by atoms with Gasteiger partial charge in [-0.15, -0.1) is 24.0 Å². The van der Waals surface area contributed by atoms with Gasteiger partial charge in [0.05, 0.1) is 6.61 Å². The number of nitrogens with zero attached hydrogens (tertiary/aromatic N) is 1.